The molecule has 0 bridgehead atoms. The van der Waals surface area contributed by atoms with Crippen LogP contribution in [0.1, 0.15) is 40.5 Å². The molecule has 0 spiro atoms. The second kappa shape index (κ2) is 6.88. The fourth-order valence-corrected chi connectivity index (χ4v) is 1.50. The largest absolute Gasteiger partial charge is 0.389 e. The lowest BCUT2D eigenvalue weighted by molar-refractivity contribution is 0.0574. The molecule has 0 saturated carbocycles. The molecule has 0 aromatic rings. The molecule has 0 amide bonds. The van der Waals surface area contributed by atoms with E-state index in [1.54, 1.807) is 32.9 Å². The van der Waals surface area contributed by atoms with Gasteiger partial charge >= 0.3 is 0 Å². The van der Waals surface area contributed by atoms with Crippen LogP contribution in [0.4, 0.5) is 0 Å². The predicted molar refractivity (Wildman–Crippen MR) is 75.3 cm³/mol. The van der Waals surface area contributed by atoms with Crippen LogP contribution in [0.2, 0.25) is 0 Å². The number of hydrogen-bond donors (Lipinski definition) is 3. The average molecular weight is 254 g/mol. The average Bonchev–Trinajstić information content (AvgIpc) is 2.14. The minimum atomic E-state index is -1.06. The molecule has 3 nitrogen and oxygen atoms in total. The van der Waals surface area contributed by atoms with Gasteiger partial charge in [0.05, 0.1) is 17.3 Å². The Hall–Kier alpha value is -0.900. The van der Waals surface area contributed by atoms with Crippen LogP contribution in [0.15, 0.2) is 36.5 Å². The van der Waals surface area contributed by atoms with Gasteiger partial charge in [0.1, 0.15) is 0 Å². The quantitative estimate of drug-likeness (QED) is 0.611. The molecular weight excluding hydrogens is 228 g/mol. The van der Waals surface area contributed by atoms with Gasteiger partial charge in [0.2, 0.25) is 0 Å². The Balaban J connectivity index is 4.34. The van der Waals surface area contributed by atoms with E-state index >= 15 is 0 Å². The molecule has 3 N–H and O–H groups in total. The molecule has 0 aliphatic carbocycles. The molecule has 104 valence electrons. The lowest BCUT2D eigenvalue weighted by Crippen LogP contribution is -2.26. The van der Waals surface area contributed by atoms with Crippen LogP contribution < -0.4 is 0 Å². The first-order chi connectivity index (χ1) is 8.06. The minimum Gasteiger partial charge on any atom is -0.389 e. The third-order valence-electron chi connectivity index (χ3n) is 2.50. The van der Waals surface area contributed by atoms with E-state index < -0.39 is 17.3 Å². The summed E-state index contributed by atoms with van der Waals surface area (Å²) in [5.41, 5.74) is -0.882. The zero-order chi connectivity index (χ0) is 14.4. The van der Waals surface area contributed by atoms with E-state index in [0.717, 1.165) is 5.57 Å². The fraction of sp³-hybridized carbons (Fsp3) is 0.600. The van der Waals surface area contributed by atoms with Crippen molar-refractivity contribution in [2.45, 2.75) is 57.8 Å². The van der Waals surface area contributed by atoms with Crippen molar-refractivity contribution >= 4 is 0 Å². The first kappa shape index (κ1) is 17.1. The van der Waals surface area contributed by atoms with Crippen molar-refractivity contribution in [1.82, 2.24) is 0 Å². The summed E-state index contributed by atoms with van der Waals surface area (Å²) >= 11 is 0. The fourth-order valence-electron chi connectivity index (χ4n) is 1.50. The molecule has 2 atom stereocenters. The number of aliphatic hydroxyl groups is 3. The Morgan fingerprint density at radius 2 is 1.83 bits per heavy atom. The first-order valence-electron chi connectivity index (χ1n) is 6.17. The number of hydrogen-bond acceptors (Lipinski definition) is 3. The van der Waals surface area contributed by atoms with Gasteiger partial charge in [-0.1, -0.05) is 29.9 Å². The topological polar surface area (TPSA) is 60.7 Å². The van der Waals surface area contributed by atoms with Gasteiger partial charge in [-0.15, -0.1) is 6.58 Å². The van der Waals surface area contributed by atoms with Gasteiger partial charge in [0.25, 0.3) is 0 Å². The molecule has 0 aliphatic heterocycles. The normalized spacial score (nSPS) is 18.7. The molecule has 0 aromatic carbocycles. The maximum atomic E-state index is 9.79. The van der Waals surface area contributed by atoms with E-state index in [9.17, 15) is 15.3 Å². The maximum absolute atomic E-state index is 9.79. The lowest BCUT2D eigenvalue weighted by Gasteiger charge is -2.20. The molecule has 0 rings (SSSR count). The van der Waals surface area contributed by atoms with E-state index in [4.69, 9.17) is 0 Å². The summed E-state index contributed by atoms with van der Waals surface area (Å²) in [6, 6.07) is 0. The molecular formula is C15H26O3. The molecule has 0 aromatic heterocycles. The van der Waals surface area contributed by atoms with Crippen LogP contribution in [0.3, 0.4) is 0 Å². The van der Waals surface area contributed by atoms with Crippen LogP contribution in [-0.2, 0) is 0 Å². The first-order valence-corrected chi connectivity index (χ1v) is 6.17. The van der Waals surface area contributed by atoms with Crippen LogP contribution in [-0.4, -0.2) is 32.6 Å². The van der Waals surface area contributed by atoms with Crippen molar-refractivity contribution in [3.63, 3.8) is 0 Å². The summed E-state index contributed by atoms with van der Waals surface area (Å²) in [7, 11) is 0. The zero-order valence-electron chi connectivity index (χ0n) is 11.8. The molecule has 18 heavy (non-hydrogen) atoms. The zero-order valence-corrected chi connectivity index (χ0v) is 11.8. The summed E-state index contributed by atoms with van der Waals surface area (Å²) in [5.74, 6) is 0. The van der Waals surface area contributed by atoms with Crippen molar-refractivity contribution < 1.29 is 15.3 Å². The van der Waals surface area contributed by atoms with Gasteiger partial charge in [-0.2, -0.15) is 0 Å². The number of allylic oxidation sites excluding steroid dienone is 2. The lowest BCUT2D eigenvalue weighted by atomic mass is 9.97. The highest BCUT2D eigenvalue weighted by atomic mass is 16.3. The van der Waals surface area contributed by atoms with Crippen molar-refractivity contribution in [3.05, 3.63) is 36.5 Å². The molecule has 0 heterocycles. The van der Waals surface area contributed by atoms with Crippen LogP contribution in [0.25, 0.3) is 0 Å². The Labute approximate surface area is 110 Å². The van der Waals surface area contributed by atoms with Crippen molar-refractivity contribution in [1.29, 1.82) is 0 Å². The smallest absolute Gasteiger partial charge is 0.0824 e. The summed E-state index contributed by atoms with van der Waals surface area (Å²) in [6.45, 7) is 10.4. The minimum absolute atomic E-state index is 0.225. The van der Waals surface area contributed by atoms with E-state index in [0.29, 0.717) is 6.42 Å². The third kappa shape index (κ3) is 9.16. The molecule has 1 unspecified atom stereocenters. The molecule has 0 aliphatic rings. The SMILES string of the molecule is C=CC(C)(O)C[C@H](O)/C=C(\C)C/C=C/C(C)(C)O. The van der Waals surface area contributed by atoms with E-state index in [1.165, 1.54) is 6.08 Å². The Morgan fingerprint density at radius 1 is 1.28 bits per heavy atom. The van der Waals surface area contributed by atoms with Gasteiger partial charge in [-0.05, 0) is 34.1 Å². The maximum Gasteiger partial charge on any atom is 0.0824 e. The molecule has 3 heteroatoms. The third-order valence-corrected chi connectivity index (χ3v) is 2.50. The molecule has 0 radical (unpaired) electrons. The van der Waals surface area contributed by atoms with Crippen molar-refractivity contribution in [2.75, 3.05) is 0 Å². The van der Waals surface area contributed by atoms with E-state index in [1.807, 2.05) is 13.0 Å². The van der Waals surface area contributed by atoms with Crippen LogP contribution >= 0.6 is 0 Å². The second-order valence-corrected chi connectivity index (χ2v) is 5.61. The van der Waals surface area contributed by atoms with Gasteiger partial charge in [0.15, 0.2) is 0 Å². The number of rotatable bonds is 7. The summed E-state index contributed by atoms with van der Waals surface area (Å²) in [6.07, 6.45) is 6.91. The highest BCUT2D eigenvalue weighted by molar-refractivity contribution is 5.10. The van der Waals surface area contributed by atoms with Crippen molar-refractivity contribution in [2.24, 2.45) is 0 Å². The van der Waals surface area contributed by atoms with E-state index in [-0.39, 0.29) is 6.42 Å². The molecule has 0 fully saturated rings. The standard InChI is InChI=1S/C15H26O3/c1-6-15(5,18)11-13(16)10-12(2)8-7-9-14(3,4)17/h6-7,9-10,13,16-18H,1,8,11H2,2-5H3/b9-7+,12-10+/t13-,15?/m1/s1. The summed E-state index contributed by atoms with van der Waals surface area (Å²) in [5, 5.41) is 29.0. The second-order valence-electron chi connectivity index (χ2n) is 5.61. The predicted octanol–water partition coefficient (Wildman–Crippen LogP) is 2.34. The summed E-state index contributed by atoms with van der Waals surface area (Å²) < 4.78 is 0. The van der Waals surface area contributed by atoms with Crippen LogP contribution in [0, 0.1) is 0 Å². The Kier molecular flexibility index (Phi) is 6.54. The monoisotopic (exact) mass is 254 g/mol. The van der Waals surface area contributed by atoms with Gasteiger partial charge in [0, 0.05) is 6.42 Å². The number of aliphatic hydroxyl groups excluding tert-OH is 1. The Bertz CT molecular complexity index is 319. The summed E-state index contributed by atoms with van der Waals surface area (Å²) in [4.78, 5) is 0. The highest BCUT2D eigenvalue weighted by Crippen LogP contribution is 2.16. The highest BCUT2D eigenvalue weighted by Gasteiger charge is 2.19. The van der Waals surface area contributed by atoms with Gasteiger partial charge in [-0.3, -0.25) is 0 Å². The van der Waals surface area contributed by atoms with Crippen molar-refractivity contribution in [3.8, 4) is 0 Å². The van der Waals surface area contributed by atoms with Crippen LogP contribution in [0.5, 0.6) is 0 Å². The molecule has 0 saturated heterocycles. The van der Waals surface area contributed by atoms with Gasteiger partial charge in [-0.25, -0.2) is 0 Å². The van der Waals surface area contributed by atoms with E-state index in [2.05, 4.69) is 6.58 Å². The van der Waals surface area contributed by atoms with Gasteiger partial charge < -0.3 is 15.3 Å². The Morgan fingerprint density at radius 3 is 2.28 bits per heavy atom.